The Bertz CT molecular complexity index is 1070. The number of nitrogens with one attached hydrogen (secondary N) is 1. The number of aromatic nitrogens is 2. The van der Waals surface area contributed by atoms with Crippen molar-refractivity contribution in [2.45, 2.75) is 6.54 Å². The summed E-state index contributed by atoms with van der Waals surface area (Å²) < 4.78 is 39.5. The lowest BCUT2D eigenvalue weighted by Crippen LogP contribution is -2.21. The van der Waals surface area contributed by atoms with Gasteiger partial charge in [-0.3, -0.25) is 4.68 Å². The lowest BCUT2D eigenvalue weighted by atomic mass is 10.2. The summed E-state index contributed by atoms with van der Waals surface area (Å²) in [6.45, 7) is 1.30. The van der Waals surface area contributed by atoms with Crippen LogP contribution in [0.4, 0.5) is 8.78 Å². The molecule has 4 aromatic rings. The van der Waals surface area contributed by atoms with Crippen molar-refractivity contribution in [2.24, 2.45) is 7.05 Å². The zero-order chi connectivity index (χ0) is 19.5. The number of ether oxygens (including phenoxy) is 1. The van der Waals surface area contributed by atoms with Crippen LogP contribution >= 0.6 is 0 Å². The Morgan fingerprint density at radius 3 is 2.82 bits per heavy atom. The van der Waals surface area contributed by atoms with Gasteiger partial charge in [-0.15, -0.1) is 0 Å². The number of furan rings is 1. The Kier molecular flexibility index (Phi) is 5.08. The zero-order valence-electron chi connectivity index (χ0n) is 15.3. The number of para-hydroxylation sites is 1. The summed E-state index contributed by atoms with van der Waals surface area (Å²) in [5.41, 5.74) is 2.57. The zero-order valence-corrected chi connectivity index (χ0v) is 15.3. The molecule has 5 nitrogen and oxygen atoms in total. The van der Waals surface area contributed by atoms with Gasteiger partial charge in [0.05, 0.1) is 0 Å². The van der Waals surface area contributed by atoms with Crippen LogP contribution in [0, 0.1) is 11.6 Å². The summed E-state index contributed by atoms with van der Waals surface area (Å²) in [7, 11) is 1.86. The van der Waals surface area contributed by atoms with Crippen LogP contribution in [0.5, 0.6) is 5.75 Å². The molecule has 7 heteroatoms. The molecule has 0 saturated heterocycles. The highest BCUT2D eigenvalue weighted by Gasteiger charge is 2.14. The number of aryl methyl sites for hydroxylation is 1. The molecule has 0 unspecified atom stereocenters. The highest BCUT2D eigenvalue weighted by atomic mass is 19.1. The lowest BCUT2D eigenvalue weighted by molar-refractivity contribution is 0.297. The van der Waals surface area contributed by atoms with Crippen LogP contribution in [-0.4, -0.2) is 22.9 Å². The molecule has 28 heavy (non-hydrogen) atoms. The third kappa shape index (κ3) is 3.89. The second kappa shape index (κ2) is 7.82. The van der Waals surface area contributed by atoms with Crippen molar-refractivity contribution in [2.75, 3.05) is 13.2 Å². The predicted molar refractivity (Wildman–Crippen MR) is 102 cm³/mol. The first-order valence-electron chi connectivity index (χ1n) is 8.90. The van der Waals surface area contributed by atoms with Gasteiger partial charge in [0.1, 0.15) is 23.7 Å². The molecule has 0 atom stereocenters. The van der Waals surface area contributed by atoms with E-state index in [2.05, 4.69) is 10.4 Å². The third-order valence-corrected chi connectivity index (χ3v) is 4.31. The number of benzene rings is 2. The minimum atomic E-state index is -0.709. The molecule has 0 aliphatic rings. The van der Waals surface area contributed by atoms with Crippen LogP contribution < -0.4 is 10.1 Å². The topological polar surface area (TPSA) is 52.2 Å². The monoisotopic (exact) mass is 383 g/mol. The molecular formula is C21H19F2N3O2. The van der Waals surface area contributed by atoms with Crippen molar-refractivity contribution in [1.82, 2.24) is 15.1 Å². The summed E-state index contributed by atoms with van der Waals surface area (Å²) in [4.78, 5) is 0. The van der Waals surface area contributed by atoms with Crippen molar-refractivity contribution in [3.05, 3.63) is 71.9 Å². The van der Waals surface area contributed by atoms with E-state index in [1.807, 2.05) is 43.6 Å². The maximum Gasteiger partial charge on any atom is 0.167 e. The number of nitrogens with zero attached hydrogens (tertiary/aromatic N) is 2. The molecule has 0 aliphatic heterocycles. The number of hydrogen-bond donors (Lipinski definition) is 1. The Morgan fingerprint density at radius 2 is 2.00 bits per heavy atom. The van der Waals surface area contributed by atoms with Crippen LogP contribution in [0.1, 0.15) is 5.56 Å². The Morgan fingerprint density at radius 1 is 1.14 bits per heavy atom. The summed E-state index contributed by atoms with van der Waals surface area (Å²) in [5, 5.41) is 8.78. The van der Waals surface area contributed by atoms with E-state index in [1.165, 1.54) is 12.1 Å². The molecule has 2 heterocycles. The van der Waals surface area contributed by atoms with Gasteiger partial charge in [0, 0.05) is 43.4 Å². The van der Waals surface area contributed by atoms with E-state index >= 15 is 0 Å². The third-order valence-electron chi connectivity index (χ3n) is 4.31. The molecule has 0 fully saturated rings. The Balaban J connectivity index is 1.37. The molecule has 1 N–H and O–H groups in total. The van der Waals surface area contributed by atoms with Gasteiger partial charge in [-0.05, 0) is 24.3 Å². The van der Waals surface area contributed by atoms with E-state index in [9.17, 15) is 8.78 Å². The summed E-state index contributed by atoms with van der Waals surface area (Å²) in [5.74, 6) is -0.590. The van der Waals surface area contributed by atoms with E-state index in [0.717, 1.165) is 28.3 Å². The maximum atomic E-state index is 13.5. The fourth-order valence-electron chi connectivity index (χ4n) is 3.02. The van der Waals surface area contributed by atoms with Gasteiger partial charge in [-0.2, -0.15) is 5.10 Å². The van der Waals surface area contributed by atoms with Crippen molar-refractivity contribution in [3.63, 3.8) is 0 Å². The normalized spacial score (nSPS) is 11.2. The summed E-state index contributed by atoms with van der Waals surface area (Å²) in [6, 6.07) is 13.0. The number of rotatable bonds is 7. The highest BCUT2D eigenvalue weighted by molar-refractivity contribution is 5.82. The molecule has 4 rings (SSSR count). The van der Waals surface area contributed by atoms with Crippen LogP contribution in [0.15, 0.2) is 59.1 Å². The van der Waals surface area contributed by atoms with Gasteiger partial charge in [0.25, 0.3) is 0 Å². The van der Waals surface area contributed by atoms with Crippen molar-refractivity contribution in [3.8, 4) is 17.2 Å². The van der Waals surface area contributed by atoms with Gasteiger partial charge >= 0.3 is 0 Å². The van der Waals surface area contributed by atoms with Gasteiger partial charge in [-0.25, -0.2) is 8.78 Å². The van der Waals surface area contributed by atoms with E-state index in [0.29, 0.717) is 18.8 Å². The first-order chi connectivity index (χ1) is 13.6. The lowest BCUT2D eigenvalue weighted by Gasteiger charge is -2.08. The second-order valence-corrected chi connectivity index (χ2v) is 6.43. The van der Waals surface area contributed by atoms with Crippen LogP contribution in [0.2, 0.25) is 0 Å². The maximum absolute atomic E-state index is 13.5. The first kappa shape index (κ1) is 18.2. The average molecular weight is 383 g/mol. The molecule has 2 aromatic heterocycles. The fraction of sp³-hybridized carbons (Fsp3) is 0.190. The molecule has 0 radical (unpaired) electrons. The minimum absolute atomic E-state index is 0.0348. The Labute approximate surface area is 160 Å². The highest BCUT2D eigenvalue weighted by Crippen LogP contribution is 2.28. The van der Waals surface area contributed by atoms with Gasteiger partial charge < -0.3 is 14.5 Å². The summed E-state index contributed by atoms with van der Waals surface area (Å²) in [6.07, 6.45) is 1.93. The van der Waals surface area contributed by atoms with E-state index < -0.39 is 11.6 Å². The largest absolute Gasteiger partial charge is 0.489 e. The van der Waals surface area contributed by atoms with Crippen LogP contribution in [-0.2, 0) is 13.6 Å². The second-order valence-electron chi connectivity index (χ2n) is 6.43. The van der Waals surface area contributed by atoms with Crippen molar-refractivity contribution >= 4 is 11.0 Å². The van der Waals surface area contributed by atoms with Crippen LogP contribution in [0.25, 0.3) is 22.4 Å². The van der Waals surface area contributed by atoms with Crippen molar-refractivity contribution < 1.29 is 17.9 Å². The molecule has 0 saturated carbocycles. The van der Waals surface area contributed by atoms with Gasteiger partial charge in [0.2, 0.25) is 0 Å². The molecule has 2 aromatic carbocycles. The quantitative estimate of drug-likeness (QED) is 0.484. The van der Waals surface area contributed by atoms with Gasteiger partial charge in [-0.1, -0.05) is 18.2 Å². The van der Waals surface area contributed by atoms with Crippen molar-refractivity contribution in [1.29, 1.82) is 0 Å². The van der Waals surface area contributed by atoms with Gasteiger partial charge in [0.15, 0.2) is 17.3 Å². The number of halogens is 2. The Hall–Kier alpha value is -3.19. The standard InChI is InChI=1S/C21H19F2N3O2/c1-26-13-15(12-24-8-9-27-19-7-6-16(22)11-17(19)23)21(25-26)20-10-14-4-2-3-5-18(14)28-20/h2-7,10-11,13,24H,8-9,12H2,1H3. The minimum Gasteiger partial charge on any atom is -0.489 e. The summed E-state index contributed by atoms with van der Waals surface area (Å²) >= 11 is 0. The van der Waals surface area contributed by atoms with E-state index in [1.54, 1.807) is 4.68 Å². The molecule has 0 aliphatic carbocycles. The number of hydrogen-bond acceptors (Lipinski definition) is 4. The molecular weight excluding hydrogens is 364 g/mol. The smallest absolute Gasteiger partial charge is 0.167 e. The molecule has 144 valence electrons. The number of fused-ring (bicyclic) bond motifs is 1. The van der Waals surface area contributed by atoms with E-state index in [-0.39, 0.29) is 12.4 Å². The predicted octanol–water partition coefficient (Wildman–Crippen LogP) is 4.28. The fourth-order valence-corrected chi connectivity index (χ4v) is 3.02. The van der Waals surface area contributed by atoms with Crippen LogP contribution in [0.3, 0.4) is 0 Å². The molecule has 0 amide bonds. The molecule has 0 spiro atoms. The average Bonchev–Trinajstić information content (AvgIpc) is 3.26. The first-order valence-corrected chi connectivity index (χ1v) is 8.90. The molecule has 0 bridgehead atoms. The SMILES string of the molecule is Cn1cc(CNCCOc2ccc(F)cc2F)c(-c2cc3ccccc3o2)n1. The van der Waals surface area contributed by atoms with E-state index in [4.69, 9.17) is 9.15 Å².